The van der Waals surface area contributed by atoms with Crippen LogP contribution < -0.4 is 0 Å². The van der Waals surface area contributed by atoms with E-state index in [1.807, 2.05) is 42.3 Å². The molecule has 0 amide bonds. The number of imidazole rings is 1. The molecule has 2 heterocycles. The quantitative estimate of drug-likeness (QED) is 0.674. The Morgan fingerprint density at radius 2 is 2.10 bits per heavy atom. The van der Waals surface area contributed by atoms with Crippen molar-refractivity contribution in [2.75, 3.05) is 5.88 Å². The van der Waals surface area contributed by atoms with Crippen LogP contribution in [0, 0.1) is 0 Å². The monoisotopic (exact) mass is 322 g/mol. The third-order valence-electron chi connectivity index (χ3n) is 3.49. The lowest BCUT2D eigenvalue weighted by Gasteiger charge is -2.07. The Hall–Kier alpha value is -1.52. The zero-order chi connectivity index (χ0) is 14.8. The van der Waals surface area contributed by atoms with E-state index in [4.69, 9.17) is 23.2 Å². The molecule has 3 aromatic rings. The summed E-state index contributed by atoms with van der Waals surface area (Å²) in [6, 6.07) is 5.82. The van der Waals surface area contributed by atoms with Crippen molar-refractivity contribution >= 4 is 34.2 Å². The number of hydrogen-bond donors (Lipinski definition) is 0. The SMILES string of the molecule is Cn1cc(CCn2c(CCCl)nc3cc(Cl)ccc32)cn1. The molecule has 6 heteroatoms. The van der Waals surface area contributed by atoms with Crippen LogP contribution in [0.2, 0.25) is 5.02 Å². The van der Waals surface area contributed by atoms with Gasteiger partial charge in [0.05, 0.1) is 17.2 Å². The highest BCUT2D eigenvalue weighted by atomic mass is 35.5. The lowest BCUT2D eigenvalue weighted by Crippen LogP contribution is -2.06. The number of benzene rings is 1. The number of nitrogens with zero attached hydrogens (tertiary/aromatic N) is 4. The molecule has 110 valence electrons. The van der Waals surface area contributed by atoms with Crippen molar-refractivity contribution in [3.63, 3.8) is 0 Å². The maximum absolute atomic E-state index is 6.05. The van der Waals surface area contributed by atoms with E-state index in [2.05, 4.69) is 14.6 Å². The van der Waals surface area contributed by atoms with Crippen molar-refractivity contribution in [3.05, 3.63) is 47.0 Å². The summed E-state index contributed by atoms with van der Waals surface area (Å²) in [5.74, 6) is 1.57. The van der Waals surface area contributed by atoms with Gasteiger partial charge in [0.2, 0.25) is 0 Å². The van der Waals surface area contributed by atoms with Gasteiger partial charge in [-0.3, -0.25) is 4.68 Å². The van der Waals surface area contributed by atoms with Gasteiger partial charge in [-0.15, -0.1) is 11.6 Å². The molecule has 0 bridgehead atoms. The van der Waals surface area contributed by atoms with Crippen molar-refractivity contribution in [3.8, 4) is 0 Å². The number of alkyl halides is 1. The van der Waals surface area contributed by atoms with Gasteiger partial charge in [0.15, 0.2) is 0 Å². The van der Waals surface area contributed by atoms with Gasteiger partial charge < -0.3 is 4.57 Å². The molecule has 0 aliphatic carbocycles. The van der Waals surface area contributed by atoms with Crippen molar-refractivity contribution in [1.82, 2.24) is 19.3 Å². The van der Waals surface area contributed by atoms with Gasteiger partial charge >= 0.3 is 0 Å². The zero-order valence-corrected chi connectivity index (χ0v) is 13.3. The first kappa shape index (κ1) is 14.4. The first-order chi connectivity index (χ1) is 10.2. The summed E-state index contributed by atoms with van der Waals surface area (Å²) < 4.78 is 4.04. The van der Waals surface area contributed by atoms with Crippen LogP contribution in [0.4, 0.5) is 0 Å². The number of rotatable bonds is 5. The predicted molar refractivity (Wildman–Crippen MR) is 86.1 cm³/mol. The van der Waals surface area contributed by atoms with Crippen LogP contribution in [0.25, 0.3) is 11.0 Å². The van der Waals surface area contributed by atoms with E-state index in [9.17, 15) is 0 Å². The van der Waals surface area contributed by atoms with Gasteiger partial charge in [-0.1, -0.05) is 11.6 Å². The van der Waals surface area contributed by atoms with Gasteiger partial charge in [0.1, 0.15) is 5.82 Å². The van der Waals surface area contributed by atoms with Crippen LogP contribution >= 0.6 is 23.2 Å². The third-order valence-corrected chi connectivity index (χ3v) is 3.91. The second-order valence-electron chi connectivity index (χ2n) is 5.02. The first-order valence-electron chi connectivity index (χ1n) is 6.85. The van der Waals surface area contributed by atoms with E-state index in [1.165, 1.54) is 5.56 Å². The Balaban J connectivity index is 1.92. The second kappa shape index (κ2) is 6.08. The third kappa shape index (κ3) is 3.06. The Bertz CT molecular complexity index is 760. The van der Waals surface area contributed by atoms with Crippen molar-refractivity contribution in [2.24, 2.45) is 7.05 Å². The van der Waals surface area contributed by atoms with Crippen LogP contribution in [0.15, 0.2) is 30.6 Å². The van der Waals surface area contributed by atoms with Gasteiger partial charge in [0, 0.05) is 37.1 Å². The van der Waals surface area contributed by atoms with Crippen LogP contribution in [-0.2, 0) is 26.4 Å². The Labute approximate surface area is 133 Å². The molecule has 0 unspecified atom stereocenters. The largest absolute Gasteiger partial charge is 0.328 e. The maximum atomic E-state index is 6.05. The fraction of sp³-hybridized carbons (Fsp3) is 0.333. The minimum Gasteiger partial charge on any atom is -0.328 e. The Morgan fingerprint density at radius 1 is 1.24 bits per heavy atom. The summed E-state index contributed by atoms with van der Waals surface area (Å²) in [5.41, 5.74) is 3.24. The lowest BCUT2D eigenvalue weighted by molar-refractivity contribution is 0.674. The van der Waals surface area contributed by atoms with Gasteiger partial charge in [0.25, 0.3) is 0 Å². The highest BCUT2D eigenvalue weighted by molar-refractivity contribution is 6.31. The fourth-order valence-electron chi connectivity index (χ4n) is 2.52. The van der Waals surface area contributed by atoms with Crippen LogP contribution in [0.5, 0.6) is 0 Å². The van der Waals surface area contributed by atoms with Crippen LogP contribution in [0.1, 0.15) is 11.4 Å². The highest BCUT2D eigenvalue weighted by Gasteiger charge is 2.11. The minimum atomic E-state index is 0.559. The number of fused-ring (bicyclic) bond motifs is 1. The summed E-state index contributed by atoms with van der Waals surface area (Å²) in [5, 5.41) is 4.91. The molecule has 4 nitrogen and oxygen atoms in total. The normalized spacial score (nSPS) is 11.4. The van der Waals surface area contributed by atoms with E-state index in [0.29, 0.717) is 10.9 Å². The molecule has 0 aliphatic rings. The van der Waals surface area contributed by atoms with E-state index < -0.39 is 0 Å². The molecule has 0 atom stereocenters. The van der Waals surface area contributed by atoms with E-state index >= 15 is 0 Å². The smallest absolute Gasteiger partial charge is 0.111 e. The molecule has 0 N–H and O–H groups in total. The molecule has 0 fully saturated rings. The standard InChI is InChI=1S/C15H16Cl2N4/c1-20-10-11(9-18-20)5-7-21-14-3-2-12(17)8-13(14)19-15(21)4-6-16/h2-3,8-10H,4-7H2,1H3. The van der Waals surface area contributed by atoms with Crippen LogP contribution in [0.3, 0.4) is 0 Å². The maximum Gasteiger partial charge on any atom is 0.111 e. The molecule has 0 saturated carbocycles. The van der Waals surface area contributed by atoms with Crippen molar-refractivity contribution in [1.29, 1.82) is 0 Å². The van der Waals surface area contributed by atoms with E-state index in [-0.39, 0.29) is 0 Å². The molecule has 0 aliphatic heterocycles. The van der Waals surface area contributed by atoms with E-state index in [0.717, 1.165) is 36.2 Å². The fourth-order valence-corrected chi connectivity index (χ4v) is 2.85. The second-order valence-corrected chi connectivity index (χ2v) is 5.84. The summed E-state index contributed by atoms with van der Waals surface area (Å²) in [7, 11) is 1.93. The predicted octanol–water partition coefficient (Wildman–Crippen LogP) is 3.45. The molecular formula is C15H16Cl2N4. The summed E-state index contributed by atoms with van der Waals surface area (Å²) >= 11 is 11.9. The minimum absolute atomic E-state index is 0.559. The van der Waals surface area contributed by atoms with E-state index in [1.54, 1.807) is 0 Å². The molecule has 1 aromatic carbocycles. The molecule has 3 rings (SSSR count). The molecule has 0 radical (unpaired) electrons. The van der Waals surface area contributed by atoms with Crippen molar-refractivity contribution in [2.45, 2.75) is 19.4 Å². The Kier molecular flexibility index (Phi) is 4.17. The van der Waals surface area contributed by atoms with Gasteiger partial charge in [-0.05, 0) is 30.2 Å². The molecule has 21 heavy (non-hydrogen) atoms. The highest BCUT2D eigenvalue weighted by Crippen LogP contribution is 2.21. The summed E-state index contributed by atoms with van der Waals surface area (Å²) in [6.45, 7) is 0.857. The van der Waals surface area contributed by atoms with Gasteiger partial charge in [-0.25, -0.2) is 4.98 Å². The zero-order valence-electron chi connectivity index (χ0n) is 11.8. The average molecular weight is 323 g/mol. The number of aromatic nitrogens is 4. The number of aryl methyl sites for hydroxylation is 4. The number of halogens is 2. The van der Waals surface area contributed by atoms with Gasteiger partial charge in [-0.2, -0.15) is 5.10 Å². The lowest BCUT2D eigenvalue weighted by atomic mass is 10.2. The summed E-state index contributed by atoms with van der Waals surface area (Å²) in [6.07, 6.45) is 5.60. The molecule has 0 spiro atoms. The first-order valence-corrected chi connectivity index (χ1v) is 7.77. The topological polar surface area (TPSA) is 35.6 Å². The van der Waals surface area contributed by atoms with Crippen LogP contribution in [-0.4, -0.2) is 25.2 Å². The molecular weight excluding hydrogens is 307 g/mol. The Morgan fingerprint density at radius 3 is 2.81 bits per heavy atom. The number of hydrogen-bond acceptors (Lipinski definition) is 2. The molecule has 2 aromatic heterocycles. The van der Waals surface area contributed by atoms with Crippen molar-refractivity contribution < 1.29 is 0 Å². The molecule has 0 saturated heterocycles. The summed E-state index contributed by atoms with van der Waals surface area (Å²) in [4.78, 5) is 4.65. The average Bonchev–Trinajstić information content (AvgIpc) is 3.00.